The van der Waals surface area contributed by atoms with Crippen LogP contribution in [0.3, 0.4) is 0 Å². The molecule has 0 aromatic heterocycles. The van der Waals surface area contributed by atoms with Gasteiger partial charge >= 0.3 is 0 Å². The maximum Gasteiger partial charge on any atom is 0.254 e. The average molecular weight is 1220 g/mol. The van der Waals surface area contributed by atoms with Gasteiger partial charge in [0, 0.05) is 117 Å². The minimum Gasteiger partial charge on any atom is -1.00 e. The van der Waals surface area contributed by atoms with E-state index in [1.165, 1.54) is 55.0 Å². The average Bonchev–Trinajstić information content (AvgIpc) is 2.07. The molecule has 1 aliphatic carbocycles. The zero-order valence-corrected chi connectivity index (χ0v) is 49.7. The molecule has 14 nitrogen and oxygen atoms in total. The lowest BCUT2D eigenvalue weighted by Gasteiger charge is -2.35. The number of rotatable bonds is 12. The summed E-state index contributed by atoms with van der Waals surface area (Å²) in [6, 6.07) is 32.4. The van der Waals surface area contributed by atoms with E-state index in [9.17, 15) is 36.7 Å². The van der Waals surface area contributed by atoms with Gasteiger partial charge in [0.15, 0.2) is 6.10 Å². The monoisotopic (exact) mass is 1220 g/mol. The van der Waals surface area contributed by atoms with Gasteiger partial charge in [-0.05, 0) is 153 Å². The molecule has 1 atom stereocenters. The normalized spacial score (nSPS) is 18.1. The second kappa shape index (κ2) is 29.3. The van der Waals surface area contributed by atoms with Gasteiger partial charge < -0.3 is 74.3 Å². The summed E-state index contributed by atoms with van der Waals surface area (Å²) in [5.41, 5.74) is 6.25. The molecule has 0 unspecified atom stereocenters. The zero-order chi connectivity index (χ0) is 58.1. The van der Waals surface area contributed by atoms with Gasteiger partial charge in [0.25, 0.3) is 23.6 Å². The Morgan fingerprint density at radius 2 is 0.779 bits per heavy atom. The first kappa shape index (κ1) is 63.1. The van der Waals surface area contributed by atoms with Crippen LogP contribution in [0.15, 0.2) is 121 Å². The number of hydrogen-bond acceptors (Lipinski definition) is 8. The fourth-order valence-electron chi connectivity index (χ4n) is 12.3. The quantitative estimate of drug-likeness (QED) is 0.178. The second-order valence-electron chi connectivity index (χ2n) is 22.8. The summed E-state index contributed by atoms with van der Waals surface area (Å²) < 4.78 is 68.9. The van der Waals surface area contributed by atoms with Crippen LogP contribution in [-0.2, 0) is 0 Å². The summed E-state index contributed by atoms with van der Waals surface area (Å²) in [6.07, 6.45) is 8.76. The van der Waals surface area contributed by atoms with Crippen molar-refractivity contribution in [3.63, 3.8) is 0 Å². The van der Waals surface area contributed by atoms with E-state index in [0.29, 0.717) is 86.1 Å². The van der Waals surface area contributed by atoms with Crippen LogP contribution in [-0.4, -0.2) is 160 Å². The number of amides is 4. The van der Waals surface area contributed by atoms with Crippen LogP contribution in [0.1, 0.15) is 92.8 Å². The van der Waals surface area contributed by atoms with Crippen molar-refractivity contribution in [1.29, 1.82) is 0 Å². The largest absolute Gasteiger partial charge is 1.00 e. The molecule has 6 aromatic carbocycles. The number of carbonyl (C=O) groups excluding carboxylic acids is 4. The van der Waals surface area contributed by atoms with Crippen molar-refractivity contribution < 1.29 is 81.7 Å². The third-order valence-electron chi connectivity index (χ3n) is 17.0. The number of hydrogen-bond donors (Lipinski definition) is 2. The summed E-state index contributed by atoms with van der Waals surface area (Å²) in [5.74, 6) is -0.823. The first-order chi connectivity index (χ1) is 40.9. The molecular weight excluding hydrogens is 1150 g/mol. The molecule has 5 saturated heterocycles. The van der Waals surface area contributed by atoms with E-state index < -0.39 is 11.6 Å². The molecule has 6 aromatic rings. The standard InChI is InChI=1S/C34H37F2N3O3.C32H35F2N5O3.2ClH/c35-27-11-8-24(9-12-27)31-22-25(10-13-32(31)42-30-6-2-3-7-30)33(40)38-16-18-39(19-17-38)34(41)26-20-28(36)23-29(21-26)37-14-4-1-5-15-37;33-25-4-1-22(2-5-25)29-19-23(3-6-30(29)42-28-7-8-36-21-28)31(40)38-13-15-39(16-14-38)32(41)24-17-26(34)20-27(18-24)37-11-9-35-10-12-37;;/h8-13,20-23,30H,1-7,14-19H2;1-6,17-20,28,35-36H,7-16,21H2;2*1H/t;28-;;/m.0../s1. The maximum atomic E-state index is 14.5. The smallest absolute Gasteiger partial charge is 0.254 e. The summed E-state index contributed by atoms with van der Waals surface area (Å²) in [5, 5.41) is 4.44. The lowest BCUT2D eigenvalue weighted by molar-refractivity contribution is -0.655. The lowest BCUT2D eigenvalue weighted by atomic mass is 10.0. The van der Waals surface area contributed by atoms with Crippen LogP contribution < -0.4 is 54.7 Å². The van der Waals surface area contributed by atoms with Gasteiger partial charge in [-0.25, -0.2) is 17.6 Å². The predicted octanol–water partition coefficient (Wildman–Crippen LogP) is 1.88. The first-order valence-electron chi connectivity index (χ1n) is 29.9. The van der Waals surface area contributed by atoms with Crippen molar-refractivity contribution in [3.05, 3.63) is 167 Å². The molecular formula is C66H74Cl2F4N8O6. The summed E-state index contributed by atoms with van der Waals surface area (Å²) in [6.45, 7) is 10.1. The Labute approximate surface area is 512 Å². The topological polar surface area (TPSA) is 139 Å². The van der Waals surface area contributed by atoms with Crippen LogP contribution in [0, 0.1) is 23.3 Å². The number of nitrogens with zero attached hydrogens (tertiary/aromatic N) is 6. The van der Waals surface area contributed by atoms with Gasteiger partial charge in [-0.15, -0.1) is 0 Å². The minimum absolute atomic E-state index is 0. The lowest BCUT2D eigenvalue weighted by Crippen LogP contribution is -3.00. The molecule has 456 valence electrons. The highest BCUT2D eigenvalue weighted by atomic mass is 35.5. The van der Waals surface area contributed by atoms with Crippen LogP contribution in [0.2, 0.25) is 0 Å². The third-order valence-corrected chi connectivity index (χ3v) is 17.0. The van der Waals surface area contributed by atoms with Crippen molar-refractivity contribution in [1.82, 2.24) is 19.6 Å². The molecule has 12 rings (SSSR count). The Morgan fingerprint density at radius 3 is 1.20 bits per heavy atom. The number of quaternary nitrogens is 2. The van der Waals surface area contributed by atoms with Crippen LogP contribution in [0.4, 0.5) is 28.9 Å². The number of piperazine rings is 3. The van der Waals surface area contributed by atoms with Gasteiger partial charge in [0.2, 0.25) is 0 Å². The molecule has 0 bridgehead atoms. The van der Waals surface area contributed by atoms with E-state index in [-0.39, 0.29) is 72.3 Å². The van der Waals surface area contributed by atoms with Crippen molar-refractivity contribution in [3.8, 4) is 33.8 Å². The minimum atomic E-state index is -0.422. The van der Waals surface area contributed by atoms with Crippen molar-refractivity contribution in [2.75, 3.05) is 115 Å². The molecule has 5 heterocycles. The summed E-state index contributed by atoms with van der Waals surface area (Å²) in [4.78, 5) is 64.9. The molecule has 6 aliphatic rings. The van der Waals surface area contributed by atoms with Crippen LogP contribution in [0.5, 0.6) is 11.5 Å². The molecule has 4 amide bonds. The second-order valence-corrected chi connectivity index (χ2v) is 22.8. The Hall–Kier alpha value is -7.38. The fourth-order valence-corrected chi connectivity index (χ4v) is 12.3. The van der Waals surface area contributed by atoms with E-state index in [4.69, 9.17) is 9.47 Å². The van der Waals surface area contributed by atoms with E-state index >= 15 is 0 Å². The molecule has 5 aliphatic heterocycles. The van der Waals surface area contributed by atoms with E-state index in [1.54, 1.807) is 68.1 Å². The van der Waals surface area contributed by atoms with Crippen LogP contribution >= 0.6 is 0 Å². The van der Waals surface area contributed by atoms with Crippen LogP contribution in [0.25, 0.3) is 22.3 Å². The number of benzene rings is 6. The fraction of sp³-hybridized carbons (Fsp3) is 0.394. The number of carbonyl (C=O) groups is 4. The van der Waals surface area contributed by atoms with Crippen molar-refractivity contribution in [2.24, 2.45) is 0 Å². The van der Waals surface area contributed by atoms with Crippen molar-refractivity contribution in [2.45, 2.75) is 63.6 Å². The highest BCUT2D eigenvalue weighted by molar-refractivity contribution is 5.99. The van der Waals surface area contributed by atoms with Gasteiger partial charge in [0.1, 0.15) is 41.3 Å². The highest BCUT2D eigenvalue weighted by Gasteiger charge is 2.31. The molecule has 0 radical (unpaired) electrons. The van der Waals surface area contributed by atoms with Gasteiger partial charge in [-0.1, -0.05) is 24.3 Å². The SMILES string of the molecule is O=C(c1cc(F)cc(N2CCCCC2)c1)N1CCN(C(=O)c2ccc(OC3CCCC3)c(-c3ccc(F)cc3)c2)CC1.O=C(c1cc(F)cc(N2CC[NH2+]CC2)c1)N1CCN(C(=O)c2ccc(O[C@H]3CC[NH2+]C3)c(-c3ccc(F)cc3)c2)CC1.[Cl-].[Cl-]. The maximum absolute atomic E-state index is 14.5. The Bertz CT molecular complexity index is 3090. The first-order valence-corrected chi connectivity index (χ1v) is 29.9. The molecule has 86 heavy (non-hydrogen) atoms. The van der Waals surface area contributed by atoms with Gasteiger partial charge in [-0.2, -0.15) is 0 Å². The summed E-state index contributed by atoms with van der Waals surface area (Å²) >= 11 is 0. The highest BCUT2D eigenvalue weighted by Crippen LogP contribution is 2.36. The Kier molecular flexibility index (Phi) is 21.5. The number of ether oxygens (including phenoxy) is 2. The Morgan fingerprint density at radius 1 is 0.372 bits per heavy atom. The third kappa shape index (κ3) is 15.4. The number of nitrogens with two attached hydrogens (primary N) is 2. The molecule has 6 fully saturated rings. The van der Waals surface area contributed by atoms with E-state index in [2.05, 4.69) is 20.4 Å². The molecule has 4 N–H and O–H groups in total. The summed E-state index contributed by atoms with van der Waals surface area (Å²) in [7, 11) is 0. The number of halogens is 6. The molecule has 1 saturated carbocycles. The van der Waals surface area contributed by atoms with E-state index in [1.807, 2.05) is 24.3 Å². The zero-order valence-electron chi connectivity index (χ0n) is 48.2. The predicted molar refractivity (Wildman–Crippen MR) is 314 cm³/mol. The Balaban J connectivity index is 0.000000201. The molecule has 0 spiro atoms. The van der Waals surface area contributed by atoms with E-state index in [0.717, 1.165) is 131 Å². The number of piperidine rings is 1. The van der Waals surface area contributed by atoms with Gasteiger partial charge in [-0.3, -0.25) is 19.2 Å². The van der Waals surface area contributed by atoms with Gasteiger partial charge in [0.05, 0.1) is 38.8 Å². The number of anilines is 2. The molecule has 20 heteroatoms. The van der Waals surface area contributed by atoms with Crippen molar-refractivity contribution >= 4 is 35.0 Å².